The molecule has 0 bridgehead atoms. The van der Waals surface area contributed by atoms with Crippen LogP contribution in [-0.2, 0) is 0 Å². The van der Waals surface area contributed by atoms with Gasteiger partial charge in [-0.25, -0.2) is 9.37 Å². The van der Waals surface area contributed by atoms with Crippen molar-refractivity contribution < 1.29 is 19.0 Å². The number of ether oxygens (including phenoxy) is 1. The molecule has 8 nitrogen and oxygen atoms in total. The van der Waals surface area contributed by atoms with Gasteiger partial charge in [0, 0.05) is 25.4 Å². The number of alkyl halides is 1. The van der Waals surface area contributed by atoms with Gasteiger partial charge in [0.2, 0.25) is 0 Å². The Morgan fingerprint density at radius 3 is 2.97 bits per heavy atom. The molecule has 3 aromatic rings. The summed E-state index contributed by atoms with van der Waals surface area (Å²) >= 11 is 0. The Balaban J connectivity index is 1.34. The predicted molar refractivity (Wildman–Crippen MR) is 113 cm³/mol. The first-order valence-electron chi connectivity index (χ1n) is 10.3. The Kier molecular flexibility index (Phi) is 4.77. The molecule has 2 aliphatic rings. The molecule has 2 aliphatic heterocycles. The van der Waals surface area contributed by atoms with Gasteiger partial charge in [-0.05, 0) is 36.8 Å². The summed E-state index contributed by atoms with van der Waals surface area (Å²) in [6, 6.07) is 6.86. The molecule has 0 spiro atoms. The van der Waals surface area contributed by atoms with Gasteiger partial charge in [0.25, 0.3) is 5.91 Å². The second-order valence-electron chi connectivity index (χ2n) is 8.20. The SMILES string of the molecule is Cc1cc2c(nc1N1CC[C@@H](Oc3ccc4[nH]ncc4c3)[C@@H](F)C1)C(CO)N(C)C2=O. The molecule has 31 heavy (non-hydrogen) atoms. The summed E-state index contributed by atoms with van der Waals surface area (Å²) in [7, 11) is 1.65. The monoisotopic (exact) mass is 425 g/mol. The van der Waals surface area contributed by atoms with Crippen LogP contribution >= 0.6 is 0 Å². The summed E-state index contributed by atoms with van der Waals surface area (Å²) in [6.07, 6.45) is 0.474. The molecule has 2 aromatic heterocycles. The fourth-order valence-electron chi connectivity index (χ4n) is 4.46. The number of amides is 1. The van der Waals surface area contributed by atoms with E-state index in [2.05, 4.69) is 15.2 Å². The summed E-state index contributed by atoms with van der Waals surface area (Å²) in [4.78, 5) is 20.5. The van der Waals surface area contributed by atoms with E-state index in [1.54, 1.807) is 19.3 Å². The van der Waals surface area contributed by atoms with Gasteiger partial charge in [-0.1, -0.05) is 0 Å². The Morgan fingerprint density at radius 1 is 1.35 bits per heavy atom. The Bertz CT molecular complexity index is 1150. The molecule has 4 heterocycles. The van der Waals surface area contributed by atoms with E-state index in [1.165, 1.54) is 4.90 Å². The molecule has 0 saturated carbocycles. The number of benzene rings is 1. The number of nitrogens with one attached hydrogen (secondary N) is 1. The van der Waals surface area contributed by atoms with Crippen molar-refractivity contribution in [2.24, 2.45) is 0 Å². The number of piperidine rings is 1. The highest BCUT2D eigenvalue weighted by Gasteiger charge is 2.38. The Hall–Kier alpha value is -3.20. The molecule has 3 atom stereocenters. The molecule has 1 fully saturated rings. The van der Waals surface area contributed by atoms with Crippen molar-refractivity contribution in [3.63, 3.8) is 0 Å². The maximum Gasteiger partial charge on any atom is 0.256 e. The maximum absolute atomic E-state index is 15.1. The van der Waals surface area contributed by atoms with Gasteiger partial charge in [0.1, 0.15) is 17.7 Å². The van der Waals surface area contributed by atoms with Crippen LogP contribution in [0.1, 0.15) is 34.1 Å². The quantitative estimate of drug-likeness (QED) is 0.667. The second kappa shape index (κ2) is 7.49. The van der Waals surface area contributed by atoms with Crippen LogP contribution < -0.4 is 9.64 Å². The van der Waals surface area contributed by atoms with Gasteiger partial charge in [-0.15, -0.1) is 0 Å². The molecule has 1 unspecified atom stereocenters. The normalized spacial score (nSPS) is 23.5. The van der Waals surface area contributed by atoms with Crippen molar-refractivity contribution in [3.8, 4) is 5.75 Å². The molecule has 0 radical (unpaired) electrons. The summed E-state index contributed by atoms with van der Waals surface area (Å²) in [5, 5.41) is 17.5. The van der Waals surface area contributed by atoms with Gasteiger partial charge in [0.15, 0.2) is 6.17 Å². The number of halogens is 1. The zero-order valence-electron chi connectivity index (χ0n) is 17.4. The zero-order valence-corrected chi connectivity index (χ0v) is 17.4. The number of hydrogen-bond acceptors (Lipinski definition) is 6. The van der Waals surface area contributed by atoms with Crippen LogP contribution in [0.5, 0.6) is 5.75 Å². The number of aromatic amines is 1. The number of rotatable bonds is 4. The molecule has 5 rings (SSSR count). The number of fused-ring (bicyclic) bond motifs is 2. The number of aryl methyl sites for hydroxylation is 1. The van der Waals surface area contributed by atoms with Gasteiger partial charge in [-0.2, -0.15) is 5.10 Å². The minimum absolute atomic E-state index is 0.152. The van der Waals surface area contributed by atoms with Gasteiger partial charge < -0.3 is 19.6 Å². The standard InChI is InChI=1S/C22H24FN5O3/c1-12-7-15-20(18(11-29)27(2)22(15)30)25-21(12)28-6-5-19(16(23)10-28)31-14-3-4-17-13(8-14)9-24-26-17/h3-4,7-9,16,18-19,29H,5-6,10-11H2,1-2H3,(H,24,26)/t16-,18?,19+/m0/s1. The number of aliphatic hydroxyl groups is 1. The number of carbonyl (C=O) groups excluding carboxylic acids is 1. The smallest absolute Gasteiger partial charge is 0.256 e. The number of nitrogens with zero attached hydrogens (tertiary/aromatic N) is 4. The first kappa shape index (κ1) is 19.7. The predicted octanol–water partition coefficient (Wildman–Crippen LogP) is 2.38. The number of aromatic nitrogens is 3. The average molecular weight is 425 g/mol. The number of likely N-dealkylation sites (N-methyl/N-ethyl adjacent to an activating group) is 1. The Labute approximate surface area is 178 Å². The van der Waals surface area contributed by atoms with E-state index < -0.39 is 18.3 Å². The number of anilines is 1. The molecule has 162 valence electrons. The molecular formula is C22H24FN5O3. The third-order valence-electron chi connectivity index (χ3n) is 6.20. The van der Waals surface area contributed by atoms with Gasteiger partial charge >= 0.3 is 0 Å². The van der Waals surface area contributed by atoms with Crippen LogP contribution in [0.2, 0.25) is 0 Å². The summed E-state index contributed by atoms with van der Waals surface area (Å²) in [5.74, 6) is 1.12. The first-order valence-corrected chi connectivity index (χ1v) is 10.3. The van der Waals surface area contributed by atoms with Crippen molar-refractivity contribution in [2.45, 2.75) is 31.7 Å². The van der Waals surface area contributed by atoms with Crippen LogP contribution in [0.3, 0.4) is 0 Å². The lowest BCUT2D eigenvalue weighted by Gasteiger charge is -2.36. The lowest BCUT2D eigenvalue weighted by atomic mass is 10.0. The number of H-pyrrole nitrogens is 1. The molecule has 0 aliphatic carbocycles. The third kappa shape index (κ3) is 3.29. The lowest BCUT2D eigenvalue weighted by Crippen LogP contribution is -2.47. The van der Waals surface area contributed by atoms with E-state index >= 15 is 4.39 Å². The van der Waals surface area contributed by atoms with Gasteiger partial charge in [0.05, 0.1) is 42.2 Å². The topological polar surface area (TPSA) is 94.6 Å². The summed E-state index contributed by atoms with van der Waals surface area (Å²) < 4.78 is 21.0. The van der Waals surface area contributed by atoms with Crippen LogP contribution in [0.15, 0.2) is 30.5 Å². The highest BCUT2D eigenvalue weighted by molar-refractivity contribution is 5.99. The molecule has 1 saturated heterocycles. The molecular weight excluding hydrogens is 401 g/mol. The Morgan fingerprint density at radius 2 is 2.19 bits per heavy atom. The largest absolute Gasteiger partial charge is 0.487 e. The van der Waals surface area contributed by atoms with Crippen molar-refractivity contribution in [3.05, 3.63) is 47.3 Å². The summed E-state index contributed by atoms with van der Waals surface area (Å²) in [5.41, 5.74) is 2.78. The summed E-state index contributed by atoms with van der Waals surface area (Å²) in [6.45, 7) is 2.41. The maximum atomic E-state index is 15.1. The van der Waals surface area contributed by atoms with Crippen molar-refractivity contribution in [1.82, 2.24) is 20.1 Å². The van der Waals surface area contributed by atoms with Crippen LogP contribution in [0.25, 0.3) is 10.9 Å². The molecule has 9 heteroatoms. The minimum Gasteiger partial charge on any atom is -0.487 e. The fraction of sp³-hybridized carbons (Fsp3) is 0.409. The molecule has 1 aromatic carbocycles. The average Bonchev–Trinajstić information content (AvgIpc) is 3.31. The van der Waals surface area contributed by atoms with E-state index in [4.69, 9.17) is 4.74 Å². The fourth-order valence-corrected chi connectivity index (χ4v) is 4.46. The number of hydrogen-bond donors (Lipinski definition) is 2. The minimum atomic E-state index is -1.19. The van der Waals surface area contributed by atoms with Crippen LogP contribution in [-0.4, -0.2) is 70.1 Å². The van der Waals surface area contributed by atoms with Crippen LogP contribution in [0.4, 0.5) is 10.2 Å². The van der Waals surface area contributed by atoms with E-state index in [9.17, 15) is 9.90 Å². The van der Waals surface area contributed by atoms with Gasteiger partial charge in [-0.3, -0.25) is 9.89 Å². The number of pyridine rings is 1. The van der Waals surface area contributed by atoms with E-state index in [-0.39, 0.29) is 19.1 Å². The highest BCUT2D eigenvalue weighted by atomic mass is 19.1. The lowest BCUT2D eigenvalue weighted by molar-refractivity contribution is 0.0714. The first-order chi connectivity index (χ1) is 15.0. The zero-order chi connectivity index (χ0) is 21.7. The van der Waals surface area contributed by atoms with Crippen LogP contribution in [0, 0.1) is 6.92 Å². The van der Waals surface area contributed by atoms with E-state index in [1.807, 2.05) is 30.0 Å². The molecule has 2 N–H and O–H groups in total. The molecule has 1 amide bonds. The number of carbonyl (C=O) groups is 1. The number of aliphatic hydroxyl groups excluding tert-OH is 1. The van der Waals surface area contributed by atoms with E-state index in [0.717, 1.165) is 16.5 Å². The van der Waals surface area contributed by atoms with Crippen molar-refractivity contribution in [2.75, 3.05) is 31.6 Å². The highest BCUT2D eigenvalue weighted by Crippen LogP contribution is 2.35. The second-order valence-corrected chi connectivity index (χ2v) is 8.20. The van der Waals surface area contributed by atoms with E-state index in [0.29, 0.717) is 35.8 Å². The third-order valence-corrected chi connectivity index (χ3v) is 6.20. The van der Waals surface area contributed by atoms with Crippen molar-refractivity contribution >= 4 is 22.6 Å². The van der Waals surface area contributed by atoms with Crippen molar-refractivity contribution in [1.29, 1.82) is 0 Å².